The molecule has 0 aliphatic carbocycles. The molecule has 0 bridgehead atoms. The maximum atomic E-state index is 14.1. The molecule has 1 atom stereocenters. The molecule has 0 spiro atoms. The average molecular weight is 434 g/mol. The number of nitrogens with zero attached hydrogens (tertiary/aromatic N) is 2. The second-order valence-electron chi connectivity index (χ2n) is 6.91. The molecule has 2 aromatic carbocycles. The first kappa shape index (κ1) is 20.7. The van der Waals surface area contributed by atoms with Gasteiger partial charge in [0.05, 0.1) is 29.0 Å². The van der Waals surface area contributed by atoms with Crippen LogP contribution in [0.15, 0.2) is 81.7 Å². The molecule has 0 unspecified atom stereocenters. The lowest BCUT2D eigenvalue weighted by molar-refractivity contribution is -0.136. The molecule has 4 rings (SSSR count). The third-order valence-electron chi connectivity index (χ3n) is 4.93. The Bertz CT molecular complexity index is 1380. The van der Waals surface area contributed by atoms with E-state index in [1.54, 1.807) is 31.2 Å². The fourth-order valence-electron chi connectivity index (χ4n) is 3.42. The van der Waals surface area contributed by atoms with Gasteiger partial charge in [-0.25, -0.2) is 14.2 Å². The Balaban J connectivity index is 1.90. The number of hydrogen-bond acceptors (Lipinski definition) is 5. The number of esters is 1. The van der Waals surface area contributed by atoms with Gasteiger partial charge < -0.3 is 4.74 Å². The van der Waals surface area contributed by atoms with Gasteiger partial charge in [-0.2, -0.15) is 0 Å². The highest BCUT2D eigenvalue weighted by atomic mass is 32.1. The number of fused-ring (bicyclic) bond motifs is 1. The predicted octanol–water partition coefficient (Wildman–Crippen LogP) is 3.21. The first-order chi connectivity index (χ1) is 15.0. The first-order valence-electron chi connectivity index (χ1n) is 9.58. The van der Waals surface area contributed by atoms with Crippen LogP contribution in [0.25, 0.3) is 12.2 Å². The Kier molecular flexibility index (Phi) is 5.77. The number of thiazole rings is 1. The summed E-state index contributed by atoms with van der Waals surface area (Å²) in [6, 6.07) is 15.1. The van der Waals surface area contributed by atoms with Crippen molar-refractivity contribution in [2.45, 2.75) is 13.0 Å². The third kappa shape index (κ3) is 4.04. The topological polar surface area (TPSA) is 60.7 Å². The van der Waals surface area contributed by atoms with Gasteiger partial charge in [-0.3, -0.25) is 9.36 Å². The van der Waals surface area contributed by atoms with Crippen molar-refractivity contribution in [1.82, 2.24) is 4.57 Å². The number of ether oxygens (including phenoxy) is 1. The van der Waals surface area contributed by atoms with Crippen LogP contribution in [0.5, 0.6) is 0 Å². The molecule has 0 saturated carbocycles. The standard InChI is InChI=1S/C24H19FN2O3S/c1-15-21(23(29)30-2)19(13-12-16-8-4-3-5-9-16)27-22(28)20(31-24(27)26-15)14-17-10-6-7-11-18(17)25/h3-14,19H,1-2H3/b13-12+,20-14?/t19-/m0/s1. The van der Waals surface area contributed by atoms with Crippen molar-refractivity contribution < 1.29 is 13.9 Å². The van der Waals surface area contributed by atoms with Crippen molar-refractivity contribution in [2.75, 3.05) is 7.11 Å². The van der Waals surface area contributed by atoms with Crippen molar-refractivity contribution >= 4 is 29.5 Å². The van der Waals surface area contributed by atoms with Crippen LogP contribution in [0.3, 0.4) is 0 Å². The maximum Gasteiger partial charge on any atom is 0.338 e. The van der Waals surface area contributed by atoms with E-state index in [1.165, 1.54) is 23.8 Å². The molecular formula is C24H19FN2O3S. The number of benzene rings is 2. The van der Waals surface area contributed by atoms with Crippen LogP contribution >= 0.6 is 11.3 Å². The Labute approximate surface area is 181 Å². The molecule has 5 nitrogen and oxygen atoms in total. The summed E-state index contributed by atoms with van der Waals surface area (Å²) < 4.78 is 20.9. The molecule has 0 fully saturated rings. The van der Waals surface area contributed by atoms with Gasteiger partial charge in [0.2, 0.25) is 0 Å². The number of halogens is 1. The number of carbonyl (C=O) groups is 1. The van der Waals surface area contributed by atoms with Gasteiger partial charge in [-0.05, 0) is 24.6 Å². The van der Waals surface area contributed by atoms with Crippen LogP contribution in [0.2, 0.25) is 0 Å². The van der Waals surface area contributed by atoms with Gasteiger partial charge in [0, 0.05) is 5.56 Å². The van der Waals surface area contributed by atoms with E-state index in [0.29, 0.717) is 26.2 Å². The zero-order valence-electron chi connectivity index (χ0n) is 16.9. The van der Waals surface area contributed by atoms with E-state index >= 15 is 0 Å². The minimum absolute atomic E-state index is 0.291. The lowest BCUT2D eigenvalue weighted by atomic mass is 10.0. The lowest BCUT2D eigenvalue weighted by Crippen LogP contribution is -2.38. The van der Waals surface area contributed by atoms with E-state index in [-0.39, 0.29) is 5.56 Å². The molecular weight excluding hydrogens is 415 g/mol. The molecule has 1 aliphatic heterocycles. The first-order valence-corrected chi connectivity index (χ1v) is 10.4. The van der Waals surface area contributed by atoms with Crippen LogP contribution in [0, 0.1) is 5.82 Å². The van der Waals surface area contributed by atoms with Gasteiger partial charge in [-0.1, -0.05) is 72.0 Å². The van der Waals surface area contributed by atoms with Gasteiger partial charge in [0.25, 0.3) is 5.56 Å². The summed E-state index contributed by atoms with van der Waals surface area (Å²) in [5.41, 5.74) is 1.67. The predicted molar refractivity (Wildman–Crippen MR) is 119 cm³/mol. The fraction of sp³-hybridized carbons (Fsp3) is 0.125. The van der Waals surface area contributed by atoms with Gasteiger partial charge in [0.1, 0.15) is 5.82 Å². The molecule has 156 valence electrons. The van der Waals surface area contributed by atoms with Crippen LogP contribution in [-0.4, -0.2) is 17.6 Å². The largest absolute Gasteiger partial charge is 0.466 e. The SMILES string of the molecule is COC(=O)C1=C(C)N=c2sc(=Cc3ccccc3F)c(=O)n2[C@H]1/C=C/c1ccccc1. The summed E-state index contributed by atoms with van der Waals surface area (Å²) in [6.07, 6.45) is 5.14. The van der Waals surface area contributed by atoms with Crippen LogP contribution in [-0.2, 0) is 9.53 Å². The van der Waals surface area contributed by atoms with Crippen molar-refractivity contribution in [3.8, 4) is 0 Å². The van der Waals surface area contributed by atoms with E-state index in [1.807, 2.05) is 36.4 Å². The molecule has 3 aromatic rings. The normalized spacial score (nSPS) is 16.4. The van der Waals surface area contributed by atoms with Crippen LogP contribution in [0.1, 0.15) is 24.1 Å². The number of methoxy groups -OCH3 is 1. The molecule has 0 amide bonds. The summed E-state index contributed by atoms with van der Waals surface area (Å²) >= 11 is 1.16. The van der Waals surface area contributed by atoms with Crippen LogP contribution in [0.4, 0.5) is 4.39 Å². The van der Waals surface area contributed by atoms with Gasteiger partial charge >= 0.3 is 5.97 Å². The van der Waals surface area contributed by atoms with E-state index in [2.05, 4.69) is 4.99 Å². The van der Waals surface area contributed by atoms with Crippen molar-refractivity contribution in [3.63, 3.8) is 0 Å². The Hall–Kier alpha value is -3.58. The Morgan fingerprint density at radius 1 is 1.16 bits per heavy atom. The highest BCUT2D eigenvalue weighted by Crippen LogP contribution is 2.26. The maximum absolute atomic E-state index is 14.1. The second-order valence-corrected chi connectivity index (χ2v) is 7.92. The smallest absolute Gasteiger partial charge is 0.338 e. The molecule has 1 aromatic heterocycles. The molecule has 7 heteroatoms. The van der Waals surface area contributed by atoms with Gasteiger partial charge in [-0.15, -0.1) is 0 Å². The minimum Gasteiger partial charge on any atom is -0.466 e. The van der Waals surface area contributed by atoms with Crippen molar-refractivity contribution in [2.24, 2.45) is 4.99 Å². The minimum atomic E-state index is -0.688. The Morgan fingerprint density at radius 2 is 1.87 bits per heavy atom. The van der Waals surface area contributed by atoms with E-state index in [4.69, 9.17) is 4.74 Å². The van der Waals surface area contributed by atoms with Crippen molar-refractivity contribution in [3.05, 3.63) is 109 Å². The van der Waals surface area contributed by atoms with E-state index in [0.717, 1.165) is 16.9 Å². The summed E-state index contributed by atoms with van der Waals surface area (Å²) in [4.78, 5) is 30.7. The quantitative estimate of drug-likeness (QED) is 0.593. The zero-order chi connectivity index (χ0) is 22.0. The highest BCUT2D eigenvalue weighted by Gasteiger charge is 2.30. The molecule has 1 aliphatic rings. The molecule has 2 heterocycles. The van der Waals surface area contributed by atoms with E-state index < -0.39 is 17.8 Å². The average Bonchev–Trinajstić information content (AvgIpc) is 3.08. The number of carbonyl (C=O) groups excluding carboxylic acids is 1. The van der Waals surface area contributed by atoms with Gasteiger partial charge in [0.15, 0.2) is 4.80 Å². The monoisotopic (exact) mass is 434 g/mol. The Morgan fingerprint density at radius 3 is 2.58 bits per heavy atom. The lowest BCUT2D eigenvalue weighted by Gasteiger charge is -2.21. The number of rotatable bonds is 4. The van der Waals surface area contributed by atoms with Crippen LogP contribution < -0.4 is 14.9 Å². The summed E-state index contributed by atoms with van der Waals surface area (Å²) in [5.74, 6) is -0.965. The molecule has 0 N–H and O–H groups in total. The number of hydrogen-bond donors (Lipinski definition) is 0. The third-order valence-corrected chi connectivity index (χ3v) is 5.91. The fourth-order valence-corrected chi connectivity index (χ4v) is 4.46. The zero-order valence-corrected chi connectivity index (χ0v) is 17.7. The molecule has 0 saturated heterocycles. The second kappa shape index (κ2) is 8.65. The van der Waals surface area contributed by atoms with Crippen molar-refractivity contribution in [1.29, 1.82) is 0 Å². The molecule has 31 heavy (non-hydrogen) atoms. The summed E-state index contributed by atoms with van der Waals surface area (Å²) in [7, 11) is 1.30. The summed E-state index contributed by atoms with van der Waals surface area (Å²) in [5, 5.41) is 0. The molecule has 0 radical (unpaired) electrons. The highest BCUT2D eigenvalue weighted by molar-refractivity contribution is 7.07. The number of allylic oxidation sites excluding steroid dienone is 2. The van der Waals surface area contributed by atoms with E-state index in [9.17, 15) is 14.0 Å². The number of aromatic nitrogens is 1. The summed E-state index contributed by atoms with van der Waals surface area (Å²) in [6.45, 7) is 1.71.